The largest absolute Gasteiger partial charge is 0.348 e. The quantitative estimate of drug-likeness (QED) is 0.754. The Kier molecular flexibility index (Phi) is 4.07. The molecule has 1 N–H and O–H groups in total. The molecule has 0 spiro atoms. The van der Waals surface area contributed by atoms with Gasteiger partial charge in [-0.3, -0.25) is 4.79 Å². The number of hydrogen-bond donors (Lipinski definition) is 1. The maximum Gasteiger partial charge on any atom is 0.252 e. The van der Waals surface area contributed by atoms with Gasteiger partial charge in [0.1, 0.15) is 5.82 Å². The molecule has 1 amide bonds. The van der Waals surface area contributed by atoms with E-state index in [-0.39, 0.29) is 18.0 Å². The monoisotopic (exact) mass is 313 g/mol. The summed E-state index contributed by atoms with van der Waals surface area (Å²) >= 11 is 5.96. The molecule has 0 atom stereocenters. The molecular formula is C18H13ClFNO. The second kappa shape index (κ2) is 6.16. The van der Waals surface area contributed by atoms with Crippen LogP contribution in [0.15, 0.2) is 60.7 Å². The molecule has 0 bridgehead atoms. The van der Waals surface area contributed by atoms with Crippen LogP contribution in [0.3, 0.4) is 0 Å². The summed E-state index contributed by atoms with van der Waals surface area (Å²) in [5.74, 6) is -0.679. The summed E-state index contributed by atoms with van der Waals surface area (Å²) in [5, 5.41) is 4.88. The van der Waals surface area contributed by atoms with Crippen molar-refractivity contribution in [2.75, 3.05) is 0 Å². The Morgan fingerprint density at radius 1 is 1.00 bits per heavy atom. The first kappa shape index (κ1) is 14.5. The topological polar surface area (TPSA) is 29.1 Å². The molecule has 0 aliphatic carbocycles. The highest BCUT2D eigenvalue weighted by Gasteiger charge is 2.12. The average Bonchev–Trinajstić information content (AvgIpc) is 2.53. The number of halogens is 2. The van der Waals surface area contributed by atoms with Crippen molar-refractivity contribution in [3.05, 3.63) is 82.6 Å². The molecule has 3 aromatic rings. The van der Waals surface area contributed by atoms with Crippen LogP contribution in [0.2, 0.25) is 5.02 Å². The summed E-state index contributed by atoms with van der Waals surface area (Å²) in [7, 11) is 0. The molecule has 0 saturated heterocycles. The summed E-state index contributed by atoms with van der Waals surface area (Å²) in [5.41, 5.74) is 0.850. The minimum absolute atomic E-state index is 0.0492. The van der Waals surface area contributed by atoms with E-state index in [4.69, 9.17) is 11.6 Å². The van der Waals surface area contributed by atoms with Gasteiger partial charge in [-0.25, -0.2) is 4.39 Å². The Balaban J connectivity index is 1.85. The molecule has 0 unspecified atom stereocenters. The number of carbonyl (C=O) groups excluding carboxylic acids is 1. The fraction of sp³-hybridized carbons (Fsp3) is 0.0556. The van der Waals surface area contributed by atoms with Crippen LogP contribution in [0.4, 0.5) is 4.39 Å². The van der Waals surface area contributed by atoms with Crippen LogP contribution in [0.1, 0.15) is 15.9 Å². The Bertz CT molecular complexity index is 822. The van der Waals surface area contributed by atoms with Gasteiger partial charge in [0.25, 0.3) is 5.91 Å². The van der Waals surface area contributed by atoms with Gasteiger partial charge in [-0.15, -0.1) is 0 Å². The van der Waals surface area contributed by atoms with Crippen molar-refractivity contribution in [2.24, 2.45) is 0 Å². The van der Waals surface area contributed by atoms with Gasteiger partial charge in [0.15, 0.2) is 0 Å². The summed E-state index contributed by atoms with van der Waals surface area (Å²) in [4.78, 5) is 12.4. The lowest BCUT2D eigenvalue weighted by Crippen LogP contribution is -2.23. The number of nitrogens with one attached hydrogen (secondary N) is 1. The molecule has 0 aliphatic heterocycles. The molecule has 110 valence electrons. The van der Waals surface area contributed by atoms with Gasteiger partial charge in [0.2, 0.25) is 0 Å². The van der Waals surface area contributed by atoms with Crippen LogP contribution >= 0.6 is 11.6 Å². The zero-order valence-corrected chi connectivity index (χ0v) is 12.4. The number of fused-ring (bicyclic) bond motifs is 1. The lowest BCUT2D eigenvalue weighted by atomic mass is 10.0. The molecule has 0 radical (unpaired) electrons. The normalized spacial score (nSPS) is 10.6. The van der Waals surface area contributed by atoms with E-state index < -0.39 is 5.82 Å². The van der Waals surface area contributed by atoms with Gasteiger partial charge < -0.3 is 5.32 Å². The molecule has 2 nitrogen and oxygen atoms in total. The fourth-order valence-corrected chi connectivity index (χ4v) is 2.62. The SMILES string of the molecule is O=C(NCc1c(F)cccc1Cl)c1cccc2ccccc12. The smallest absolute Gasteiger partial charge is 0.252 e. The predicted molar refractivity (Wildman–Crippen MR) is 86.5 cm³/mol. The van der Waals surface area contributed by atoms with Crippen LogP contribution in [0.5, 0.6) is 0 Å². The third-order valence-corrected chi connectivity index (χ3v) is 3.88. The second-order valence-corrected chi connectivity index (χ2v) is 5.32. The summed E-state index contributed by atoms with van der Waals surface area (Å²) in [6, 6.07) is 17.6. The summed E-state index contributed by atoms with van der Waals surface area (Å²) in [6.45, 7) is 0.0492. The van der Waals surface area contributed by atoms with Crippen molar-refractivity contribution in [2.45, 2.75) is 6.54 Å². The molecule has 0 aliphatic rings. The zero-order chi connectivity index (χ0) is 15.5. The molecule has 22 heavy (non-hydrogen) atoms. The zero-order valence-electron chi connectivity index (χ0n) is 11.6. The van der Waals surface area contributed by atoms with E-state index in [1.807, 2.05) is 36.4 Å². The van der Waals surface area contributed by atoms with Gasteiger partial charge in [-0.1, -0.05) is 54.1 Å². The number of rotatable bonds is 3. The Morgan fingerprint density at radius 3 is 2.55 bits per heavy atom. The van der Waals surface area contributed by atoms with Crippen molar-refractivity contribution < 1.29 is 9.18 Å². The van der Waals surface area contributed by atoms with Crippen molar-refractivity contribution in [3.8, 4) is 0 Å². The lowest BCUT2D eigenvalue weighted by Gasteiger charge is -2.10. The van der Waals surface area contributed by atoms with Crippen LogP contribution in [0.25, 0.3) is 10.8 Å². The minimum Gasteiger partial charge on any atom is -0.348 e. The van der Waals surface area contributed by atoms with Crippen molar-refractivity contribution >= 4 is 28.3 Å². The highest BCUT2D eigenvalue weighted by Crippen LogP contribution is 2.20. The third kappa shape index (κ3) is 2.81. The molecule has 0 heterocycles. The fourth-order valence-electron chi connectivity index (χ4n) is 2.39. The van der Waals surface area contributed by atoms with E-state index in [0.717, 1.165) is 10.8 Å². The second-order valence-electron chi connectivity index (χ2n) is 4.91. The van der Waals surface area contributed by atoms with Crippen LogP contribution in [-0.4, -0.2) is 5.91 Å². The summed E-state index contributed by atoms with van der Waals surface area (Å²) in [6.07, 6.45) is 0. The van der Waals surface area contributed by atoms with E-state index in [1.165, 1.54) is 12.1 Å². The highest BCUT2D eigenvalue weighted by molar-refractivity contribution is 6.31. The molecule has 4 heteroatoms. The first-order valence-electron chi connectivity index (χ1n) is 6.85. The van der Waals surface area contributed by atoms with Crippen molar-refractivity contribution in [1.82, 2.24) is 5.32 Å². The van der Waals surface area contributed by atoms with Crippen molar-refractivity contribution in [3.63, 3.8) is 0 Å². The molecule has 3 aromatic carbocycles. The van der Waals surface area contributed by atoms with E-state index in [0.29, 0.717) is 10.6 Å². The molecule has 3 rings (SSSR count). The van der Waals surface area contributed by atoms with Crippen LogP contribution < -0.4 is 5.32 Å². The Morgan fingerprint density at radius 2 is 1.73 bits per heavy atom. The first-order valence-corrected chi connectivity index (χ1v) is 7.23. The standard InChI is InChI=1S/C18H13ClFNO/c19-16-9-4-10-17(20)15(16)11-21-18(22)14-8-3-6-12-5-1-2-7-13(12)14/h1-10H,11H2,(H,21,22). The number of benzene rings is 3. The number of hydrogen-bond acceptors (Lipinski definition) is 1. The molecular weight excluding hydrogens is 301 g/mol. The maximum absolute atomic E-state index is 13.7. The number of carbonyl (C=O) groups is 1. The van der Waals surface area contributed by atoms with E-state index in [1.54, 1.807) is 12.1 Å². The number of amides is 1. The molecule has 0 aromatic heterocycles. The third-order valence-electron chi connectivity index (χ3n) is 3.52. The minimum atomic E-state index is -0.425. The van der Waals surface area contributed by atoms with E-state index in [9.17, 15) is 9.18 Å². The summed E-state index contributed by atoms with van der Waals surface area (Å²) < 4.78 is 13.7. The predicted octanol–water partition coefficient (Wildman–Crippen LogP) is 4.56. The lowest BCUT2D eigenvalue weighted by molar-refractivity contribution is 0.0952. The maximum atomic E-state index is 13.7. The van der Waals surface area contributed by atoms with Gasteiger partial charge in [0.05, 0.1) is 0 Å². The molecule has 0 saturated carbocycles. The van der Waals surface area contributed by atoms with Crippen LogP contribution in [0, 0.1) is 5.82 Å². The van der Waals surface area contributed by atoms with E-state index >= 15 is 0 Å². The van der Waals surface area contributed by atoms with Gasteiger partial charge in [0, 0.05) is 22.7 Å². The molecule has 0 fully saturated rings. The van der Waals surface area contributed by atoms with Gasteiger partial charge in [-0.2, -0.15) is 0 Å². The van der Waals surface area contributed by atoms with Crippen molar-refractivity contribution in [1.29, 1.82) is 0 Å². The Hall–Kier alpha value is -2.39. The van der Waals surface area contributed by atoms with Gasteiger partial charge in [-0.05, 0) is 29.0 Å². The van der Waals surface area contributed by atoms with E-state index in [2.05, 4.69) is 5.32 Å². The highest BCUT2D eigenvalue weighted by atomic mass is 35.5. The Labute approximate surface area is 132 Å². The average molecular weight is 314 g/mol. The first-order chi connectivity index (χ1) is 10.7. The van der Waals surface area contributed by atoms with Crippen LogP contribution in [-0.2, 0) is 6.54 Å². The van der Waals surface area contributed by atoms with Gasteiger partial charge >= 0.3 is 0 Å².